The van der Waals surface area contributed by atoms with Crippen molar-refractivity contribution in [3.8, 4) is 0 Å². The lowest BCUT2D eigenvalue weighted by Gasteiger charge is -2.38. The van der Waals surface area contributed by atoms with Crippen LogP contribution < -0.4 is 10.6 Å². The summed E-state index contributed by atoms with van der Waals surface area (Å²) in [6.07, 6.45) is 0.434. The molecular weight excluding hydrogens is 252 g/mol. The lowest BCUT2D eigenvalue weighted by Crippen LogP contribution is -2.57. The quantitative estimate of drug-likeness (QED) is 0.790. The summed E-state index contributed by atoms with van der Waals surface area (Å²) in [5.41, 5.74) is 0.695. The van der Waals surface area contributed by atoms with Gasteiger partial charge in [-0.1, -0.05) is 18.2 Å². The van der Waals surface area contributed by atoms with Crippen molar-refractivity contribution in [3.05, 3.63) is 29.8 Å². The highest BCUT2D eigenvalue weighted by Crippen LogP contribution is 2.33. The third-order valence-corrected chi connectivity index (χ3v) is 4.35. The first-order chi connectivity index (χ1) is 9.21. The minimum Gasteiger partial charge on any atom is -0.388 e. The van der Waals surface area contributed by atoms with E-state index in [0.717, 1.165) is 12.2 Å². The molecule has 0 fully saturated rings. The van der Waals surface area contributed by atoms with Crippen LogP contribution in [0.15, 0.2) is 24.3 Å². The van der Waals surface area contributed by atoms with Gasteiger partial charge < -0.3 is 15.7 Å². The molecule has 1 unspecified atom stereocenters. The Hall–Kier alpha value is -1.55. The van der Waals surface area contributed by atoms with Gasteiger partial charge in [-0.05, 0) is 39.3 Å². The normalized spacial score (nSPS) is 18.4. The summed E-state index contributed by atoms with van der Waals surface area (Å²) in [4.78, 5) is 12.2. The Morgan fingerprint density at radius 1 is 1.35 bits per heavy atom. The molecule has 1 aromatic rings. The van der Waals surface area contributed by atoms with Crippen LogP contribution in [0.25, 0.3) is 0 Å². The van der Waals surface area contributed by atoms with E-state index in [4.69, 9.17) is 0 Å². The summed E-state index contributed by atoms with van der Waals surface area (Å²) >= 11 is 0. The number of hydrogen-bond donors (Lipinski definition) is 3. The van der Waals surface area contributed by atoms with E-state index in [9.17, 15) is 9.90 Å². The second-order valence-corrected chi connectivity index (χ2v) is 6.60. The molecule has 20 heavy (non-hydrogen) atoms. The zero-order valence-electron chi connectivity index (χ0n) is 12.7. The topological polar surface area (TPSA) is 61.4 Å². The molecular formula is C16H24N2O2. The van der Waals surface area contributed by atoms with Gasteiger partial charge in [-0.15, -0.1) is 0 Å². The van der Waals surface area contributed by atoms with Gasteiger partial charge in [0.1, 0.15) is 0 Å². The Labute approximate surface area is 120 Å². The molecule has 0 aliphatic carbocycles. The number of aliphatic hydroxyl groups is 1. The van der Waals surface area contributed by atoms with Gasteiger partial charge in [0.15, 0.2) is 0 Å². The molecule has 0 saturated heterocycles. The Balaban J connectivity index is 2.01. The number of rotatable bonds is 4. The highest BCUT2D eigenvalue weighted by molar-refractivity contribution is 5.79. The van der Waals surface area contributed by atoms with Gasteiger partial charge in [0.25, 0.3) is 0 Å². The van der Waals surface area contributed by atoms with Crippen LogP contribution in [0, 0.1) is 0 Å². The van der Waals surface area contributed by atoms with E-state index in [1.54, 1.807) is 13.8 Å². The van der Waals surface area contributed by atoms with Crippen LogP contribution in [0.1, 0.15) is 45.6 Å². The molecule has 4 nitrogen and oxygen atoms in total. The predicted octanol–water partition coefficient (Wildman–Crippen LogP) is 2.25. The number of para-hydroxylation sites is 1. The van der Waals surface area contributed by atoms with Gasteiger partial charge in [0.05, 0.1) is 11.1 Å². The molecule has 1 heterocycles. The van der Waals surface area contributed by atoms with Crippen molar-refractivity contribution >= 4 is 11.6 Å². The van der Waals surface area contributed by atoms with Crippen LogP contribution in [-0.4, -0.2) is 28.7 Å². The molecule has 0 radical (unpaired) electrons. The van der Waals surface area contributed by atoms with Crippen LogP contribution in [0.3, 0.4) is 0 Å². The van der Waals surface area contributed by atoms with Gasteiger partial charge in [-0.2, -0.15) is 0 Å². The Bertz CT molecular complexity index is 503. The largest absolute Gasteiger partial charge is 0.388 e. The molecule has 0 saturated carbocycles. The fraction of sp³-hybridized carbons (Fsp3) is 0.562. The van der Waals surface area contributed by atoms with Gasteiger partial charge in [-0.25, -0.2) is 0 Å². The number of benzene rings is 1. The maximum absolute atomic E-state index is 12.2. The van der Waals surface area contributed by atoms with E-state index in [1.807, 2.05) is 32.0 Å². The zero-order valence-corrected chi connectivity index (χ0v) is 12.7. The van der Waals surface area contributed by atoms with Gasteiger partial charge in [-0.3, -0.25) is 4.79 Å². The summed E-state index contributed by atoms with van der Waals surface area (Å²) < 4.78 is 0. The maximum atomic E-state index is 12.2. The van der Waals surface area contributed by atoms with E-state index in [-0.39, 0.29) is 11.8 Å². The summed E-state index contributed by atoms with van der Waals surface area (Å²) in [6.45, 7) is 7.88. The molecule has 0 spiro atoms. The van der Waals surface area contributed by atoms with E-state index in [0.29, 0.717) is 6.42 Å². The van der Waals surface area contributed by atoms with Crippen LogP contribution in [0.5, 0.6) is 0 Å². The van der Waals surface area contributed by atoms with Gasteiger partial charge >= 0.3 is 0 Å². The lowest BCUT2D eigenvalue weighted by molar-refractivity contribution is -0.126. The first kappa shape index (κ1) is 14.9. The maximum Gasteiger partial charge on any atom is 0.221 e. The van der Waals surface area contributed by atoms with Crippen LogP contribution in [-0.2, 0) is 4.79 Å². The predicted molar refractivity (Wildman–Crippen MR) is 80.8 cm³/mol. The minimum atomic E-state index is -0.964. The average Bonchev–Trinajstić information content (AvgIpc) is 2.70. The molecule has 2 rings (SSSR count). The molecule has 1 atom stereocenters. The third kappa shape index (κ3) is 2.96. The standard InChI is InChI=1S/C16H24N2O2/c1-15(2,16(3,4)20)18-14(19)9-11-10-17-13-8-6-5-7-12(11)13/h5-8,11,17,20H,9-10H2,1-4H3,(H,18,19). The highest BCUT2D eigenvalue weighted by atomic mass is 16.3. The average molecular weight is 276 g/mol. The number of nitrogens with one attached hydrogen (secondary N) is 2. The van der Waals surface area contributed by atoms with Crippen LogP contribution >= 0.6 is 0 Å². The van der Waals surface area contributed by atoms with Crippen LogP contribution in [0.4, 0.5) is 5.69 Å². The number of carbonyl (C=O) groups excluding carboxylic acids is 1. The first-order valence-corrected chi connectivity index (χ1v) is 7.07. The van der Waals surface area contributed by atoms with Gasteiger partial charge in [0.2, 0.25) is 5.91 Å². The van der Waals surface area contributed by atoms with E-state index in [1.165, 1.54) is 5.56 Å². The SMILES string of the molecule is CC(C)(O)C(C)(C)NC(=O)CC1CNc2ccccc21. The fourth-order valence-electron chi connectivity index (χ4n) is 2.32. The Morgan fingerprint density at radius 2 is 2.00 bits per heavy atom. The van der Waals surface area contributed by atoms with Crippen LogP contribution in [0.2, 0.25) is 0 Å². The minimum absolute atomic E-state index is 0.0272. The van der Waals surface area contributed by atoms with Crippen molar-refractivity contribution < 1.29 is 9.90 Å². The molecule has 4 heteroatoms. The summed E-state index contributed by atoms with van der Waals surface area (Å²) in [7, 11) is 0. The second kappa shape index (κ2) is 5.09. The number of hydrogen-bond acceptors (Lipinski definition) is 3. The molecule has 1 aromatic carbocycles. The monoisotopic (exact) mass is 276 g/mol. The summed E-state index contributed by atoms with van der Waals surface area (Å²) in [5, 5.41) is 16.3. The molecule has 1 amide bonds. The van der Waals surface area contributed by atoms with Crippen molar-refractivity contribution in [2.24, 2.45) is 0 Å². The molecule has 3 N–H and O–H groups in total. The van der Waals surface area contributed by atoms with Gasteiger partial charge in [0, 0.05) is 24.6 Å². The van der Waals surface area contributed by atoms with Crippen molar-refractivity contribution in [3.63, 3.8) is 0 Å². The van der Waals surface area contributed by atoms with E-state index >= 15 is 0 Å². The molecule has 110 valence electrons. The fourth-order valence-corrected chi connectivity index (χ4v) is 2.32. The molecule has 0 bridgehead atoms. The first-order valence-electron chi connectivity index (χ1n) is 7.07. The highest BCUT2D eigenvalue weighted by Gasteiger charge is 2.37. The zero-order chi connectivity index (χ0) is 15.0. The Kier molecular flexibility index (Phi) is 3.78. The van der Waals surface area contributed by atoms with E-state index in [2.05, 4.69) is 16.7 Å². The number of carbonyl (C=O) groups is 1. The molecule has 1 aliphatic rings. The van der Waals surface area contributed by atoms with Crippen molar-refractivity contribution in [2.45, 2.75) is 51.2 Å². The number of anilines is 1. The smallest absolute Gasteiger partial charge is 0.221 e. The molecule has 1 aliphatic heterocycles. The van der Waals surface area contributed by atoms with E-state index < -0.39 is 11.1 Å². The number of amides is 1. The van der Waals surface area contributed by atoms with Crippen molar-refractivity contribution in [1.82, 2.24) is 5.32 Å². The Morgan fingerprint density at radius 3 is 2.65 bits per heavy atom. The van der Waals surface area contributed by atoms with Crippen molar-refractivity contribution in [2.75, 3.05) is 11.9 Å². The molecule has 0 aromatic heterocycles. The number of fused-ring (bicyclic) bond motifs is 1. The second-order valence-electron chi connectivity index (χ2n) is 6.60. The lowest BCUT2D eigenvalue weighted by atomic mass is 9.85. The van der Waals surface area contributed by atoms with Crippen molar-refractivity contribution in [1.29, 1.82) is 0 Å². The third-order valence-electron chi connectivity index (χ3n) is 4.35. The summed E-state index contributed by atoms with van der Waals surface area (Å²) in [6, 6.07) is 8.09. The summed E-state index contributed by atoms with van der Waals surface area (Å²) in [5.74, 6) is 0.171.